The number of benzene rings is 3. The number of methoxy groups -OCH3 is 1. The third kappa shape index (κ3) is 3.95. The molecule has 0 radical (unpaired) electrons. The number of nitrogens with zero attached hydrogens (tertiary/aromatic N) is 1. The predicted octanol–water partition coefficient (Wildman–Crippen LogP) is 4.80. The Kier molecular flexibility index (Phi) is 4.95. The summed E-state index contributed by atoms with van der Waals surface area (Å²) in [6.45, 7) is 0. The monoisotopic (exact) mass is 334 g/mol. The van der Waals surface area contributed by atoms with Crippen molar-refractivity contribution in [2.45, 2.75) is 6.04 Å². The summed E-state index contributed by atoms with van der Waals surface area (Å²) in [6, 6.07) is 24.2. The number of non-ortho nitro benzene ring substituents is 1. The van der Waals surface area contributed by atoms with Crippen molar-refractivity contribution in [1.82, 2.24) is 0 Å². The zero-order valence-electron chi connectivity index (χ0n) is 13.8. The van der Waals surface area contributed by atoms with Gasteiger partial charge in [-0.3, -0.25) is 10.1 Å². The Bertz CT molecular complexity index is 831. The number of rotatable bonds is 6. The lowest BCUT2D eigenvalue weighted by Crippen LogP contribution is -2.12. The van der Waals surface area contributed by atoms with Crippen LogP contribution in [0, 0.1) is 10.1 Å². The fraction of sp³-hybridized carbons (Fsp3) is 0.100. The Morgan fingerprint density at radius 1 is 0.880 bits per heavy atom. The molecule has 0 saturated heterocycles. The average Bonchev–Trinajstić information content (AvgIpc) is 2.67. The first-order valence-corrected chi connectivity index (χ1v) is 7.87. The Morgan fingerprint density at radius 2 is 1.48 bits per heavy atom. The molecule has 1 N–H and O–H groups in total. The van der Waals surface area contributed by atoms with Crippen LogP contribution < -0.4 is 10.1 Å². The summed E-state index contributed by atoms with van der Waals surface area (Å²) < 4.78 is 5.19. The molecule has 126 valence electrons. The van der Waals surface area contributed by atoms with Gasteiger partial charge in [0.05, 0.1) is 18.1 Å². The summed E-state index contributed by atoms with van der Waals surface area (Å²) in [5.74, 6) is 0.789. The van der Waals surface area contributed by atoms with Crippen molar-refractivity contribution in [1.29, 1.82) is 0 Å². The average molecular weight is 334 g/mol. The zero-order chi connectivity index (χ0) is 17.6. The molecule has 0 spiro atoms. The van der Waals surface area contributed by atoms with Gasteiger partial charge >= 0.3 is 0 Å². The number of ether oxygens (including phenoxy) is 1. The lowest BCUT2D eigenvalue weighted by atomic mass is 9.98. The lowest BCUT2D eigenvalue weighted by molar-refractivity contribution is -0.384. The second-order valence-electron chi connectivity index (χ2n) is 5.57. The number of nitro benzene ring substituents is 1. The van der Waals surface area contributed by atoms with Gasteiger partial charge < -0.3 is 10.1 Å². The molecule has 0 bridgehead atoms. The summed E-state index contributed by atoms with van der Waals surface area (Å²) in [6.07, 6.45) is 0. The van der Waals surface area contributed by atoms with E-state index in [9.17, 15) is 10.1 Å². The molecule has 1 atom stereocenters. The standard InChI is InChI=1S/C20H18N2O3/c1-25-19-13-9-17(10-14-19)21-20(15-5-3-2-4-6-15)16-7-11-18(12-8-16)22(23)24/h2-14,20-21H,1H3. The van der Waals surface area contributed by atoms with Crippen LogP contribution in [0.2, 0.25) is 0 Å². The van der Waals surface area contributed by atoms with Crippen LogP contribution in [-0.4, -0.2) is 12.0 Å². The quantitative estimate of drug-likeness (QED) is 0.519. The smallest absolute Gasteiger partial charge is 0.269 e. The number of hydrogen-bond acceptors (Lipinski definition) is 4. The number of anilines is 1. The molecule has 0 aliphatic rings. The molecule has 3 aromatic rings. The van der Waals surface area contributed by atoms with Gasteiger partial charge in [-0.05, 0) is 47.5 Å². The maximum absolute atomic E-state index is 10.9. The van der Waals surface area contributed by atoms with Crippen molar-refractivity contribution in [3.63, 3.8) is 0 Å². The van der Waals surface area contributed by atoms with E-state index >= 15 is 0 Å². The molecule has 1 unspecified atom stereocenters. The summed E-state index contributed by atoms with van der Waals surface area (Å²) in [7, 11) is 1.63. The Hall–Kier alpha value is -3.34. The van der Waals surface area contributed by atoms with E-state index in [0.717, 1.165) is 22.6 Å². The Balaban J connectivity index is 1.93. The van der Waals surface area contributed by atoms with Crippen molar-refractivity contribution in [2.75, 3.05) is 12.4 Å². The van der Waals surface area contributed by atoms with Gasteiger partial charge in [0.1, 0.15) is 5.75 Å². The minimum Gasteiger partial charge on any atom is -0.497 e. The van der Waals surface area contributed by atoms with Crippen molar-refractivity contribution >= 4 is 11.4 Å². The van der Waals surface area contributed by atoms with Gasteiger partial charge in [0.2, 0.25) is 0 Å². The first kappa shape index (κ1) is 16.5. The van der Waals surface area contributed by atoms with Crippen molar-refractivity contribution < 1.29 is 9.66 Å². The molecule has 0 fully saturated rings. The molecule has 25 heavy (non-hydrogen) atoms. The molecule has 0 aliphatic heterocycles. The van der Waals surface area contributed by atoms with Crippen LogP contribution in [0.5, 0.6) is 5.75 Å². The fourth-order valence-electron chi connectivity index (χ4n) is 2.65. The maximum atomic E-state index is 10.9. The highest BCUT2D eigenvalue weighted by molar-refractivity contribution is 5.51. The first-order chi connectivity index (χ1) is 12.2. The van der Waals surface area contributed by atoms with E-state index in [1.807, 2.05) is 54.6 Å². The minimum atomic E-state index is -0.391. The van der Waals surface area contributed by atoms with E-state index in [2.05, 4.69) is 5.32 Å². The van der Waals surface area contributed by atoms with E-state index in [0.29, 0.717) is 0 Å². The van der Waals surface area contributed by atoms with Crippen molar-refractivity contribution in [3.05, 3.63) is 100 Å². The van der Waals surface area contributed by atoms with E-state index < -0.39 is 4.92 Å². The van der Waals surface area contributed by atoms with Gasteiger partial charge in [-0.2, -0.15) is 0 Å². The van der Waals surface area contributed by atoms with Gasteiger partial charge in [-0.1, -0.05) is 30.3 Å². The van der Waals surface area contributed by atoms with Crippen molar-refractivity contribution in [3.8, 4) is 5.75 Å². The van der Waals surface area contributed by atoms with Crippen LogP contribution in [0.15, 0.2) is 78.9 Å². The van der Waals surface area contributed by atoms with Crippen LogP contribution in [-0.2, 0) is 0 Å². The molecule has 0 amide bonds. The normalized spacial score (nSPS) is 11.6. The topological polar surface area (TPSA) is 64.4 Å². The molecule has 0 saturated carbocycles. The molecular weight excluding hydrogens is 316 g/mol. The zero-order valence-corrected chi connectivity index (χ0v) is 13.8. The largest absolute Gasteiger partial charge is 0.497 e. The van der Waals surface area contributed by atoms with Crippen LogP contribution in [0.3, 0.4) is 0 Å². The summed E-state index contributed by atoms with van der Waals surface area (Å²) >= 11 is 0. The maximum Gasteiger partial charge on any atom is 0.269 e. The van der Waals surface area contributed by atoms with E-state index in [-0.39, 0.29) is 11.7 Å². The van der Waals surface area contributed by atoms with Gasteiger partial charge in [-0.15, -0.1) is 0 Å². The van der Waals surface area contributed by atoms with Gasteiger partial charge in [-0.25, -0.2) is 0 Å². The highest BCUT2D eigenvalue weighted by atomic mass is 16.6. The van der Waals surface area contributed by atoms with Crippen LogP contribution in [0.1, 0.15) is 17.2 Å². The van der Waals surface area contributed by atoms with E-state index in [1.165, 1.54) is 12.1 Å². The Morgan fingerprint density at radius 3 is 2.04 bits per heavy atom. The number of nitrogens with one attached hydrogen (secondary N) is 1. The third-order valence-electron chi connectivity index (χ3n) is 3.97. The number of nitro groups is 1. The first-order valence-electron chi connectivity index (χ1n) is 7.87. The SMILES string of the molecule is COc1ccc(NC(c2ccccc2)c2ccc([N+](=O)[O-])cc2)cc1. The highest BCUT2D eigenvalue weighted by Gasteiger charge is 2.15. The lowest BCUT2D eigenvalue weighted by Gasteiger charge is -2.21. The van der Waals surface area contributed by atoms with Crippen LogP contribution in [0.4, 0.5) is 11.4 Å². The molecule has 0 heterocycles. The second-order valence-corrected chi connectivity index (χ2v) is 5.57. The molecule has 3 rings (SSSR count). The molecular formula is C20H18N2O3. The molecule has 5 heteroatoms. The van der Waals surface area contributed by atoms with E-state index in [1.54, 1.807) is 19.2 Å². The van der Waals surface area contributed by atoms with Crippen LogP contribution >= 0.6 is 0 Å². The van der Waals surface area contributed by atoms with Gasteiger partial charge in [0.15, 0.2) is 0 Å². The predicted molar refractivity (Wildman–Crippen MR) is 98.0 cm³/mol. The highest BCUT2D eigenvalue weighted by Crippen LogP contribution is 2.28. The third-order valence-corrected chi connectivity index (χ3v) is 3.97. The summed E-state index contributed by atoms with van der Waals surface area (Å²) in [5.41, 5.74) is 3.05. The van der Waals surface area contributed by atoms with Gasteiger partial charge in [0.25, 0.3) is 5.69 Å². The molecule has 0 aromatic heterocycles. The minimum absolute atomic E-state index is 0.0833. The fourth-order valence-corrected chi connectivity index (χ4v) is 2.65. The molecule has 0 aliphatic carbocycles. The van der Waals surface area contributed by atoms with Gasteiger partial charge in [0, 0.05) is 17.8 Å². The van der Waals surface area contributed by atoms with E-state index in [4.69, 9.17) is 4.74 Å². The van der Waals surface area contributed by atoms with Crippen molar-refractivity contribution in [2.24, 2.45) is 0 Å². The summed E-state index contributed by atoms with van der Waals surface area (Å²) in [4.78, 5) is 10.5. The number of hydrogen-bond donors (Lipinski definition) is 1. The van der Waals surface area contributed by atoms with Crippen LogP contribution in [0.25, 0.3) is 0 Å². The molecule has 3 aromatic carbocycles. The summed E-state index contributed by atoms with van der Waals surface area (Å²) in [5, 5.41) is 14.4. The second kappa shape index (κ2) is 7.49. The Labute approximate surface area is 146 Å². The molecule has 5 nitrogen and oxygen atoms in total.